The Kier molecular flexibility index (Phi) is 4.74. The van der Waals surface area contributed by atoms with Gasteiger partial charge in [-0.2, -0.15) is 5.10 Å². The van der Waals surface area contributed by atoms with Crippen LogP contribution < -0.4 is 5.32 Å². The van der Waals surface area contributed by atoms with Gasteiger partial charge in [-0.05, 0) is 33.7 Å². The molecule has 1 rings (SSSR count). The predicted octanol–water partition coefficient (Wildman–Crippen LogP) is 2.74. The van der Waals surface area contributed by atoms with E-state index >= 15 is 0 Å². The molecule has 0 amide bonds. The summed E-state index contributed by atoms with van der Waals surface area (Å²) in [6.45, 7) is 9.59. The third-order valence-electron chi connectivity index (χ3n) is 2.72. The average Bonchev–Trinajstić information content (AvgIpc) is 2.54. The monoisotopic (exact) mass is 221 g/mol. The van der Waals surface area contributed by atoms with Crippen molar-refractivity contribution < 1.29 is 0 Å². The van der Waals surface area contributed by atoms with E-state index in [1.165, 1.54) is 16.8 Å². The van der Waals surface area contributed by atoms with Crippen LogP contribution in [0.4, 0.5) is 0 Å². The number of allylic oxidation sites excluding steroid dienone is 1. The maximum absolute atomic E-state index is 4.30. The molecule has 0 aliphatic rings. The zero-order valence-electron chi connectivity index (χ0n) is 11.0. The van der Waals surface area contributed by atoms with Crippen LogP contribution >= 0.6 is 0 Å². The Morgan fingerprint density at radius 2 is 2.25 bits per heavy atom. The van der Waals surface area contributed by atoms with E-state index in [4.69, 9.17) is 0 Å². The summed E-state index contributed by atoms with van der Waals surface area (Å²) in [4.78, 5) is 0. The molecule has 1 heterocycles. The second-order valence-corrected chi connectivity index (χ2v) is 4.48. The molecule has 1 aromatic rings. The molecule has 0 saturated carbocycles. The van der Waals surface area contributed by atoms with Crippen molar-refractivity contribution in [3.8, 4) is 0 Å². The molecule has 0 aliphatic heterocycles. The third-order valence-corrected chi connectivity index (χ3v) is 2.72. The topological polar surface area (TPSA) is 29.9 Å². The van der Waals surface area contributed by atoms with E-state index in [-0.39, 0.29) is 0 Å². The lowest BCUT2D eigenvalue weighted by atomic mass is 10.1. The molecule has 0 radical (unpaired) electrons. The summed E-state index contributed by atoms with van der Waals surface area (Å²) in [5.74, 6) is 0. The molecular formula is C13H23N3. The van der Waals surface area contributed by atoms with Crippen molar-refractivity contribution in [3.05, 3.63) is 29.1 Å². The molecule has 0 aliphatic carbocycles. The predicted molar refractivity (Wildman–Crippen MR) is 68.4 cm³/mol. The van der Waals surface area contributed by atoms with Crippen molar-refractivity contribution in [2.24, 2.45) is 7.05 Å². The van der Waals surface area contributed by atoms with Gasteiger partial charge in [0, 0.05) is 18.3 Å². The highest BCUT2D eigenvalue weighted by Gasteiger charge is 2.13. The lowest BCUT2D eigenvalue weighted by Gasteiger charge is -2.15. The van der Waals surface area contributed by atoms with Gasteiger partial charge in [0.25, 0.3) is 0 Å². The molecule has 1 unspecified atom stereocenters. The van der Waals surface area contributed by atoms with E-state index < -0.39 is 0 Å². The van der Waals surface area contributed by atoms with E-state index in [0.29, 0.717) is 6.04 Å². The van der Waals surface area contributed by atoms with Crippen LogP contribution in [0.15, 0.2) is 17.8 Å². The van der Waals surface area contributed by atoms with Gasteiger partial charge >= 0.3 is 0 Å². The fourth-order valence-corrected chi connectivity index (χ4v) is 1.71. The molecule has 0 saturated heterocycles. The number of hydrogen-bond donors (Lipinski definition) is 1. The minimum Gasteiger partial charge on any atom is -0.307 e. The highest BCUT2D eigenvalue weighted by Crippen LogP contribution is 2.19. The van der Waals surface area contributed by atoms with Gasteiger partial charge in [-0.3, -0.25) is 4.68 Å². The largest absolute Gasteiger partial charge is 0.307 e. The molecule has 3 heteroatoms. The lowest BCUT2D eigenvalue weighted by molar-refractivity contribution is 0.606. The van der Waals surface area contributed by atoms with Crippen molar-refractivity contribution in [2.45, 2.75) is 40.2 Å². The Morgan fingerprint density at radius 3 is 2.69 bits per heavy atom. The number of nitrogens with one attached hydrogen (secondary N) is 1. The van der Waals surface area contributed by atoms with Gasteiger partial charge in [0.05, 0.1) is 12.2 Å². The molecular weight excluding hydrogens is 198 g/mol. The second-order valence-electron chi connectivity index (χ2n) is 4.48. The van der Waals surface area contributed by atoms with Crippen molar-refractivity contribution in [2.75, 3.05) is 6.54 Å². The fourth-order valence-electron chi connectivity index (χ4n) is 1.71. The number of hydrogen-bond acceptors (Lipinski definition) is 2. The number of nitrogens with zero attached hydrogens (tertiary/aromatic N) is 2. The summed E-state index contributed by atoms with van der Waals surface area (Å²) in [6, 6.07) is 0.290. The molecule has 1 aromatic heterocycles. The van der Waals surface area contributed by atoms with Crippen LogP contribution in [0, 0.1) is 6.92 Å². The first kappa shape index (κ1) is 13.0. The Hall–Kier alpha value is -1.09. The molecule has 1 N–H and O–H groups in total. The van der Waals surface area contributed by atoms with Gasteiger partial charge in [-0.1, -0.05) is 18.6 Å². The van der Waals surface area contributed by atoms with Crippen molar-refractivity contribution in [1.82, 2.24) is 15.1 Å². The fraction of sp³-hybridized carbons (Fsp3) is 0.615. The summed E-state index contributed by atoms with van der Waals surface area (Å²) < 4.78 is 1.93. The van der Waals surface area contributed by atoms with E-state index in [1.807, 2.05) is 17.9 Å². The first-order valence-electron chi connectivity index (χ1n) is 5.93. The minimum absolute atomic E-state index is 0.290. The van der Waals surface area contributed by atoms with Gasteiger partial charge in [-0.15, -0.1) is 0 Å². The molecule has 0 aromatic carbocycles. The van der Waals surface area contributed by atoms with E-state index in [1.54, 1.807) is 0 Å². The molecule has 0 fully saturated rings. The second kappa shape index (κ2) is 5.85. The standard InChI is InChI=1S/C13H23N3/c1-6-7-14-13(8-10(2)3)12-9-15-16(5)11(12)4/h8-9,13-14H,6-7H2,1-5H3. The molecule has 0 bridgehead atoms. The average molecular weight is 221 g/mol. The van der Waals surface area contributed by atoms with Crippen LogP contribution in [0.3, 0.4) is 0 Å². The molecule has 1 atom stereocenters. The summed E-state index contributed by atoms with van der Waals surface area (Å²) in [5.41, 5.74) is 3.83. The SMILES string of the molecule is CCCNC(C=C(C)C)c1cnn(C)c1C. The Bertz CT molecular complexity index is 359. The molecule has 90 valence electrons. The highest BCUT2D eigenvalue weighted by atomic mass is 15.3. The van der Waals surface area contributed by atoms with E-state index in [9.17, 15) is 0 Å². The van der Waals surface area contributed by atoms with Crippen molar-refractivity contribution >= 4 is 0 Å². The van der Waals surface area contributed by atoms with Gasteiger partial charge < -0.3 is 5.32 Å². The highest BCUT2D eigenvalue weighted by molar-refractivity contribution is 5.25. The van der Waals surface area contributed by atoms with Gasteiger partial charge in [0.2, 0.25) is 0 Å². The maximum Gasteiger partial charge on any atom is 0.0543 e. The summed E-state index contributed by atoms with van der Waals surface area (Å²) in [6.07, 6.45) is 5.37. The van der Waals surface area contributed by atoms with Crippen LogP contribution in [-0.4, -0.2) is 16.3 Å². The Labute approximate surface area is 98.5 Å². The van der Waals surface area contributed by atoms with Crippen molar-refractivity contribution in [3.63, 3.8) is 0 Å². The van der Waals surface area contributed by atoms with Crippen LogP contribution in [0.5, 0.6) is 0 Å². The van der Waals surface area contributed by atoms with Crippen molar-refractivity contribution in [1.29, 1.82) is 0 Å². The zero-order valence-corrected chi connectivity index (χ0v) is 11.0. The first-order chi connectivity index (χ1) is 7.56. The number of aromatic nitrogens is 2. The quantitative estimate of drug-likeness (QED) is 0.775. The van der Waals surface area contributed by atoms with Crippen LogP contribution in [0.1, 0.15) is 44.5 Å². The number of aryl methyl sites for hydroxylation is 1. The molecule has 16 heavy (non-hydrogen) atoms. The zero-order chi connectivity index (χ0) is 12.1. The van der Waals surface area contributed by atoms with Gasteiger partial charge in [-0.25, -0.2) is 0 Å². The first-order valence-corrected chi connectivity index (χ1v) is 5.93. The Morgan fingerprint density at radius 1 is 1.56 bits per heavy atom. The van der Waals surface area contributed by atoms with Crippen LogP contribution in [0.25, 0.3) is 0 Å². The van der Waals surface area contributed by atoms with E-state index in [0.717, 1.165) is 13.0 Å². The Balaban J connectivity index is 2.92. The summed E-state index contributed by atoms with van der Waals surface area (Å²) in [7, 11) is 1.98. The molecule has 3 nitrogen and oxygen atoms in total. The summed E-state index contributed by atoms with van der Waals surface area (Å²) >= 11 is 0. The lowest BCUT2D eigenvalue weighted by Crippen LogP contribution is -2.21. The normalized spacial score (nSPS) is 12.6. The summed E-state index contributed by atoms with van der Waals surface area (Å²) in [5, 5.41) is 7.84. The minimum atomic E-state index is 0.290. The molecule has 0 spiro atoms. The maximum atomic E-state index is 4.30. The smallest absolute Gasteiger partial charge is 0.0543 e. The third kappa shape index (κ3) is 3.20. The van der Waals surface area contributed by atoms with Gasteiger partial charge in [0.15, 0.2) is 0 Å². The number of rotatable bonds is 5. The van der Waals surface area contributed by atoms with E-state index in [2.05, 4.69) is 44.2 Å². The van der Waals surface area contributed by atoms with Crippen LogP contribution in [-0.2, 0) is 7.05 Å². The van der Waals surface area contributed by atoms with Crippen LogP contribution in [0.2, 0.25) is 0 Å². The van der Waals surface area contributed by atoms with Gasteiger partial charge in [0.1, 0.15) is 0 Å².